The molecule has 3 unspecified atom stereocenters. The van der Waals surface area contributed by atoms with Crippen LogP contribution in [0.15, 0.2) is 175 Å². The summed E-state index contributed by atoms with van der Waals surface area (Å²) in [6.45, 7) is 7.46. The Bertz CT molecular complexity index is 2500. The summed E-state index contributed by atoms with van der Waals surface area (Å²) in [6, 6.07) is 34.0. The first-order valence-electron chi connectivity index (χ1n) is 19.9. The van der Waals surface area contributed by atoms with Gasteiger partial charge in [0, 0.05) is 41.3 Å². The van der Waals surface area contributed by atoms with Gasteiger partial charge in [-0.25, -0.2) is 0 Å². The lowest BCUT2D eigenvalue weighted by atomic mass is 9.81. The Kier molecular flexibility index (Phi) is 9.10. The highest BCUT2D eigenvalue weighted by Gasteiger charge is 2.41. The van der Waals surface area contributed by atoms with Gasteiger partial charge in [-0.1, -0.05) is 110 Å². The van der Waals surface area contributed by atoms with Crippen molar-refractivity contribution in [3.63, 3.8) is 0 Å². The molecule has 3 aliphatic carbocycles. The molecule has 9 rings (SSSR count). The van der Waals surface area contributed by atoms with Gasteiger partial charge < -0.3 is 14.4 Å². The van der Waals surface area contributed by atoms with Crippen molar-refractivity contribution in [1.29, 1.82) is 5.26 Å². The summed E-state index contributed by atoms with van der Waals surface area (Å²) < 4.78 is 12.7. The lowest BCUT2D eigenvalue weighted by molar-refractivity contribution is 0.170. The van der Waals surface area contributed by atoms with Crippen molar-refractivity contribution in [3.05, 3.63) is 197 Å². The summed E-state index contributed by atoms with van der Waals surface area (Å²) in [4.78, 5) is 2.54. The zero-order valence-corrected chi connectivity index (χ0v) is 32.3. The monoisotopic (exact) mass is 730 g/mol. The summed E-state index contributed by atoms with van der Waals surface area (Å²) in [6.07, 6.45) is 28.8. The maximum Gasteiger partial charge on any atom is 0.135 e. The molecule has 2 aliphatic heterocycles. The normalized spacial score (nSPS) is 23.0. The number of fused-ring (bicyclic) bond motifs is 6. The molecule has 4 aromatic rings. The van der Waals surface area contributed by atoms with E-state index in [0.717, 1.165) is 66.3 Å². The van der Waals surface area contributed by atoms with Gasteiger partial charge in [0.1, 0.15) is 22.9 Å². The second-order valence-corrected chi connectivity index (χ2v) is 15.8. The highest BCUT2D eigenvalue weighted by Crippen LogP contribution is 2.49. The van der Waals surface area contributed by atoms with E-state index in [9.17, 15) is 5.26 Å². The van der Waals surface area contributed by atoms with Crippen molar-refractivity contribution in [2.75, 3.05) is 11.4 Å². The van der Waals surface area contributed by atoms with Crippen LogP contribution in [0.2, 0.25) is 0 Å². The Morgan fingerprint density at radius 1 is 0.911 bits per heavy atom. The summed E-state index contributed by atoms with van der Waals surface area (Å²) in [5.41, 5.74) is 12.1. The fourth-order valence-electron chi connectivity index (χ4n) is 8.71. The maximum atomic E-state index is 9.32. The highest BCUT2D eigenvalue weighted by molar-refractivity contribution is 5.84. The third-order valence-corrected chi connectivity index (χ3v) is 12.0. The van der Waals surface area contributed by atoms with E-state index in [4.69, 9.17) is 9.47 Å². The van der Waals surface area contributed by atoms with E-state index in [1.54, 1.807) is 0 Å². The van der Waals surface area contributed by atoms with Gasteiger partial charge in [0.2, 0.25) is 0 Å². The first-order chi connectivity index (χ1) is 27.3. The lowest BCUT2D eigenvalue weighted by Crippen LogP contribution is -2.46. The molecular weight excluding hydrogens is 685 g/mol. The summed E-state index contributed by atoms with van der Waals surface area (Å²) in [7, 11) is 0. The van der Waals surface area contributed by atoms with Gasteiger partial charge in [-0.3, -0.25) is 0 Å². The van der Waals surface area contributed by atoms with Gasteiger partial charge >= 0.3 is 0 Å². The van der Waals surface area contributed by atoms with E-state index in [1.165, 1.54) is 39.0 Å². The zero-order valence-electron chi connectivity index (χ0n) is 32.3. The zero-order chi connectivity index (χ0) is 38.3. The fraction of sp³-hybridized carbons (Fsp3) is 0.212. The molecule has 0 N–H and O–H groups in total. The molecule has 0 saturated carbocycles. The molecule has 4 heteroatoms. The number of hydrogen-bond donors (Lipinski definition) is 0. The van der Waals surface area contributed by atoms with Gasteiger partial charge in [0.05, 0.1) is 17.2 Å². The number of nitrogens with zero attached hydrogens (tertiary/aromatic N) is 2. The number of rotatable bonds is 9. The molecule has 2 heterocycles. The van der Waals surface area contributed by atoms with Crippen molar-refractivity contribution in [1.82, 2.24) is 0 Å². The first kappa shape index (κ1) is 35.4. The van der Waals surface area contributed by atoms with Gasteiger partial charge in [-0.2, -0.15) is 5.26 Å². The maximum absolute atomic E-state index is 9.32. The Labute approximate surface area is 331 Å². The van der Waals surface area contributed by atoms with E-state index < -0.39 is 0 Å². The molecule has 3 atom stereocenters. The van der Waals surface area contributed by atoms with Crippen LogP contribution in [0, 0.1) is 11.3 Å². The number of allylic oxidation sites excluding steroid dienone is 11. The molecule has 0 fully saturated rings. The summed E-state index contributed by atoms with van der Waals surface area (Å²) >= 11 is 0. The largest absolute Gasteiger partial charge is 0.482 e. The second kappa shape index (κ2) is 14.4. The van der Waals surface area contributed by atoms with Crippen molar-refractivity contribution in [3.8, 4) is 28.7 Å². The third-order valence-electron chi connectivity index (χ3n) is 12.0. The number of ether oxygens (including phenoxy) is 2. The van der Waals surface area contributed by atoms with Crippen LogP contribution in [0.4, 0.5) is 5.69 Å². The van der Waals surface area contributed by atoms with Crippen LogP contribution in [0.3, 0.4) is 0 Å². The molecule has 0 radical (unpaired) electrons. The predicted molar refractivity (Wildman–Crippen MR) is 229 cm³/mol. The average Bonchev–Trinajstić information content (AvgIpc) is 3.76. The van der Waals surface area contributed by atoms with Gasteiger partial charge in [-0.05, 0) is 121 Å². The molecule has 0 saturated heterocycles. The molecule has 0 aromatic heterocycles. The molecule has 5 aliphatic rings. The fourth-order valence-corrected chi connectivity index (χ4v) is 8.71. The lowest BCUT2D eigenvalue weighted by Gasteiger charge is -2.42. The highest BCUT2D eigenvalue weighted by atomic mass is 16.5. The smallest absolute Gasteiger partial charge is 0.135 e. The molecule has 0 spiro atoms. The van der Waals surface area contributed by atoms with E-state index in [2.05, 4.69) is 165 Å². The predicted octanol–water partition coefficient (Wildman–Crippen LogP) is 12.6. The van der Waals surface area contributed by atoms with Crippen LogP contribution in [0.1, 0.15) is 74.6 Å². The van der Waals surface area contributed by atoms with Gasteiger partial charge in [-0.15, -0.1) is 0 Å². The average molecular weight is 731 g/mol. The Morgan fingerprint density at radius 3 is 2.46 bits per heavy atom. The number of anilines is 1. The van der Waals surface area contributed by atoms with Crippen LogP contribution in [0.25, 0.3) is 22.3 Å². The van der Waals surface area contributed by atoms with Crippen molar-refractivity contribution in [2.24, 2.45) is 0 Å². The molecule has 4 nitrogen and oxygen atoms in total. The minimum absolute atomic E-state index is 0.282. The van der Waals surface area contributed by atoms with E-state index >= 15 is 0 Å². The molecule has 0 bridgehead atoms. The van der Waals surface area contributed by atoms with Crippen molar-refractivity contribution >= 4 is 16.8 Å². The van der Waals surface area contributed by atoms with E-state index in [1.807, 2.05) is 24.3 Å². The quantitative estimate of drug-likeness (QED) is 0.161. The molecular formula is C52H46N2O2. The van der Waals surface area contributed by atoms with Gasteiger partial charge in [0.15, 0.2) is 0 Å². The van der Waals surface area contributed by atoms with E-state index in [-0.39, 0.29) is 11.1 Å². The standard InChI is InChI=1S/C52H46N2O2/c1-4-5-10-37(42-27-31-52(3)47(34-42)45-12-7-9-14-50(45)56-52)28-32-54(43-22-19-39(20-23-43)38-17-15-36(35-53)16-18-38)51(2)29-25-40(26-30-51)41-21-24-49-46(33-41)44-11-6-8-13-48(44)55-49/h5-10,12-29,33-34,44H,4,11,30-32H2,1-3H3/b10-5-,37-28+. The molecule has 4 aromatic carbocycles. The SMILES string of the molecule is CC/C=C\C(=C/CN(c1ccc(-c2ccc(C#N)cc2)cc1)C1(C)C=CC(c2ccc3c(c2)C2CC=CC=C2O3)=CC1)C1=CCC2(C)Oc3ccccc3C2=C1. The molecule has 276 valence electrons. The van der Waals surface area contributed by atoms with Gasteiger partial charge in [0.25, 0.3) is 0 Å². The van der Waals surface area contributed by atoms with Crippen molar-refractivity contribution < 1.29 is 9.47 Å². The van der Waals surface area contributed by atoms with Crippen molar-refractivity contribution in [2.45, 2.75) is 63.5 Å². The Morgan fingerprint density at radius 2 is 1.70 bits per heavy atom. The third kappa shape index (κ3) is 6.48. The number of nitriles is 1. The van der Waals surface area contributed by atoms with Crippen LogP contribution < -0.4 is 14.4 Å². The summed E-state index contributed by atoms with van der Waals surface area (Å²) in [5, 5.41) is 9.32. The number of benzene rings is 4. The van der Waals surface area contributed by atoms with Crippen LogP contribution in [-0.2, 0) is 0 Å². The number of para-hydroxylation sites is 1. The topological polar surface area (TPSA) is 45.5 Å². The number of hydrogen-bond acceptors (Lipinski definition) is 4. The Balaban J connectivity index is 1.04. The molecule has 56 heavy (non-hydrogen) atoms. The minimum Gasteiger partial charge on any atom is -0.482 e. The summed E-state index contributed by atoms with van der Waals surface area (Å²) in [5.74, 6) is 3.30. The first-order valence-corrected chi connectivity index (χ1v) is 19.9. The van der Waals surface area contributed by atoms with Crippen LogP contribution in [0.5, 0.6) is 11.5 Å². The minimum atomic E-state index is -0.349. The van der Waals surface area contributed by atoms with Crippen LogP contribution >= 0.6 is 0 Å². The molecule has 0 amide bonds. The van der Waals surface area contributed by atoms with Crippen LogP contribution in [-0.4, -0.2) is 17.7 Å². The second-order valence-electron chi connectivity index (χ2n) is 15.8. The van der Waals surface area contributed by atoms with E-state index in [0.29, 0.717) is 11.5 Å². The Hall–Kier alpha value is -6.31.